The fraction of sp³-hybridized carbons (Fsp3) is 0.304. The minimum atomic E-state index is -0.931. The van der Waals surface area contributed by atoms with Gasteiger partial charge in [-0.25, -0.2) is 4.79 Å². The first-order chi connectivity index (χ1) is 13.3. The first kappa shape index (κ1) is 19.7. The molecule has 0 unspecified atom stereocenters. The number of hydrogen-bond donors (Lipinski definition) is 1. The molecule has 3 rings (SSSR count). The molecular formula is C23H25NO4. The molecule has 2 aromatic carbocycles. The molecule has 28 heavy (non-hydrogen) atoms. The van der Waals surface area contributed by atoms with Crippen molar-refractivity contribution < 1.29 is 19.1 Å². The van der Waals surface area contributed by atoms with Crippen LogP contribution < -0.4 is 10.1 Å². The normalized spacial score (nSPS) is 13.1. The van der Waals surface area contributed by atoms with Crippen molar-refractivity contribution >= 4 is 16.9 Å². The molecular weight excluding hydrogens is 354 g/mol. The molecule has 1 N–H and O–H groups in total. The van der Waals surface area contributed by atoms with Gasteiger partial charge >= 0.3 is 5.97 Å². The Bertz CT molecular complexity index is 1080. The zero-order valence-corrected chi connectivity index (χ0v) is 16.8. The Hall–Kier alpha value is -3.08. The van der Waals surface area contributed by atoms with E-state index >= 15 is 0 Å². The molecule has 0 spiro atoms. The van der Waals surface area contributed by atoms with E-state index in [2.05, 4.69) is 4.99 Å². The van der Waals surface area contributed by atoms with Crippen LogP contribution in [0.3, 0.4) is 0 Å². The van der Waals surface area contributed by atoms with Gasteiger partial charge in [0.15, 0.2) is 0 Å². The van der Waals surface area contributed by atoms with Crippen LogP contribution in [-0.4, -0.2) is 24.2 Å². The molecule has 0 radical (unpaired) electrons. The van der Waals surface area contributed by atoms with Crippen LogP contribution in [0, 0.1) is 19.8 Å². The number of aryl methyl sites for hydroxylation is 2. The van der Waals surface area contributed by atoms with Gasteiger partial charge in [0.05, 0.1) is 12.5 Å². The summed E-state index contributed by atoms with van der Waals surface area (Å²) >= 11 is 0. The van der Waals surface area contributed by atoms with Crippen LogP contribution in [0.4, 0.5) is 0 Å². The van der Waals surface area contributed by atoms with Crippen molar-refractivity contribution in [2.75, 3.05) is 7.11 Å². The summed E-state index contributed by atoms with van der Waals surface area (Å²) in [7, 11) is 1.62. The molecule has 0 fully saturated rings. The van der Waals surface area contributed by atoms with Gasteiger partial charge < -0.3 is 14.3 Å². The quantitative estimate of drug-likeness (QED) is 0.695. The van der Waals surface area contributed by atoms with E-state index in [0.29, 0.717) is 16.7 Å². The van der Waals surface area contributed by atoms with Crippen molar-refractivity contribution in [3.05, 3.63) is 58.9 Å². The molecule has 0 amide bonds. The lowest BCUT2D eigenvalue weighted by atomic mass is 10.0. The highest BCUT2D eigenvalue weighted by Gasteiger charge is 2.20. The van der Waals surface area contributed by atoms with E-state index in [9.17, 15) is 9.90 Å². The highest BCUT2D eigenvalue weighted by atomic mass is 16.5. The van der Waals surface area contributed by atoms with Crippen molar-refractivity contribution in [3.63, 3.8) is 0 Å². The topological polar surface area (TPSA) is 72.0 Å². The molecule has 0 aliphatic rings. The lowest BCUT2D eigenvalue weighted by Crippen LogP contribution is -2.27. The number of hydrogen-bond acceptors (Lipinski definition) is 4. The number of methoxy groups -OCH3 is 1. The van der Waals surface area contributed by atoms with Gasteiger partial charge in [-0.05, 0) is 61.2 Å². The van der Waals surface area contributed by atoms with Crippen LogP contribution in [0.5, 0.6) is 5.75 Å². The summed E-state index contributed by atoms with van der Waals surface area (Å²) in [6.45, 7) is 7.71. The fourth-order valence-electron chi connectivity index (χ4n) is 3.27. The SMILES string of the molecule is COc1ccc(-c2cc(=N[C@@H](C(=O)O)C(C)C)c3cc(C)cc(C)c3o2)cc1. The van der Waals surface area contributed by atoms with Crippen LogP contribution in [0.25, 0.3) is 22.3 Å². The summed E-state index contributed by atoms with van der Waals surface area (Å²) < 4.78 is 11.4. The summed E-state index contributed by atoms with van der Waals surface area (Å²) in [6.07, 6.45) is 0. The minimum absolute atomic E-state index is 0.125. The maximum absolute atomic E-state index is 11.7. The predicted octanol–water partition coefficient (Wildman–Crippen LogP) is 4.74. The number of nitrogens with zero attached hydrogens (tertiary/aromatic N) is 1. The molecule has 0 bridgehead atoms. The van der Waals surface area contributed by atoms with Crippen molar-refractivity contribution in [1.29, 1.82) is 0 Å². The molecule has 0 saturated carbocycles. The number of benzene rings is 2. The zero-order valence-electron chi connectivity index (χ0n) is 16.8. The van der Waals surface area contributed by atoms with Crippen LogP contribution in [0.1, 0.15) is 25.0 Å². The molecule has 1 atom stereocenters. The number of rotatable bonds is 5. The average Bonchev–Trinajstić information content (AvgIpc) is 2.65. The van der Waals surface area contributed by atoms with Crippen LogP contribution in [0.2, 0.25) is 0 Å². The molecule has 0 saturated heterocycles. The van der Waals surface area contributed by atoms with Crippen LogP contribution >= 0.6 is 0 Å². The lowest BCUT2D eigenvalue weighted by molar-refractivity contribution is -0.139. The molecule has 146 valence electrons. The zero-order chi connectivity index (χ0) is 20.4. The molecule has 5 nitrogen and oxygen atoms in total. The Morgan fingerprint density at radius 1 is 1.11 bits per heavy atom. The van der Waals surface area contributed by atoms with E-state index in [-0.39, 0.29) is 5.92 Å². The largest absolute Gasteiger partial charge is 0.497 e. The maximum atomic E-state index is 11.7. The second kappa shape index (κ2) is 7.89. The molecule has 5 heteroatoms. The summed E-state index contributed by atoms with van der Waals surface area (Å²) in [5.41, 5.74) is 3.64. The fourth-order valence-corrected chi connectivity index (χ4v) is 3.27. The third-order valence-corrected chi connectivity index (χ3v) is 4.71. The van der Waals surface area contributed by atoms with Gasteiger partial charge in [-0.15, -0.1) is 0 Å². The standard InChI is InChI=1S/C23H25NO4/c1-13(2)21(23(25)26)24-19-12-20(16-6-8-17(27-5)9-7-16)28-22-15(4)10-14(3)11-18(19)22/h6-13,21H,1-5H3,(H,25,26)/t21-/m1/s1. The number of ether oxygens (including phenoxy) is 1. The van der Waals surface area contributed by atoms with Gasteiger partial charge in [0.2, 0.25) is 0 Å². The van der Waals surface area contributed by atoms with Gasteiger partial charge in [0.1, 0.15) is 23.1 Å². The van der Waals surface area contributed by atoms with Crippen molar-refractivity contribution in [1.82, 2.24) is 0 Å². The summed E-state index contributed by atoms with van der Waals surface area (Å²) in [6, 6.07) is 12.6. The Kier molecular flexibility index (Phi) is 5.54. The van der Waals surface area contributed by atoms with E-state index in [1.165, 1.54) is 0 Å². The highest BCUT2D eigenvalue weighted by molar-refractivity contribution is 5.82. The molecule has 1 aromatic heterocycles. The lowest BCUT2D eigenvalue weighted by Gasteiger charge is -2.13. The third kappa shape index (κ3) is 3.93. The number of carboxylic acid groups (broad SMARTS) is 1. The maximum Gasteiger partial charge on any atom is 0.328 e. The number of fused-ring (bicyclic) bond motifs is 1. The van der Waals surface area contributed by atoms with Crippen LogP contribution in [0.15, 0.2) is 51.9 Å². The highest BCUT2D eigenvalue weighted by Crippen LogP contribution is 2.27. The van der Waals surface area contributed by atoms with Gasteiger partial charge in [-0.1, -0.05) is 19.9 Å². The first-order valence-corrected chi connectivity index (χ1v) is 9.26. The Morgan fingerprint density at radius 2 is 1.79 bits per heavy atom. The first-order valence-electron chi connectivity index (χ1n) is 9.26. The van der Waals surface area contributed by atoms with E-state index < -0.39 is 12.0 Å². The predicted molar refractivity (Wildman–Crippen MR) is 110 cm³/mol. The summed E-state index contributed by atoms with van der Waals surface area (Å²) in [5, 5.41) is 11.0. The second-order valence-electron chi connectivity index (χ2n) is 7.34. The Morgan fingerprint density at radius 3 is 2.36 bits per heavy atom. The van der Waals surface area contributed by atoms with E-state index in [1.54, 1.807) is 7.11 Å². The molecule has 3 aromatic rings. The molecule has 0 aliphatic heterocycles. The van der Waals surface area contributed by atoms with Crippen LogP contribution in [-0.2, 0) is 4.79 Å². The second-order valence-corrected chi connectivity index (χ2v) is 7.34. The van der Waals surface area contributed by atoms with E-state index in [4.69, 9.17) is 9.15 Å². The van der Waals surface area contributed by atoms with Crippen molar-refractivity contribution in [2.45, 2.75) is 33.7 Å². The number of aliphatic carboxylic acids is 1. The molecule has 1 heterocycles. The minimum Gasteiger partial charge on any atom is -0.497 e. The van der Waals surface area contributed by atoms with Crippen molar-refractivity contribution in [3.8, 4) is 17.1 Å². The van der Waals surface area contributed by atoms with E-state index in [0.717, 1.165) is 27.8 Å². The number of carboxylic acids is 1. The Balaban J connectivity index is 2.32. The van der Waals surface area contributed by atoms with Gasteiger partial charge in [0.25, 0.3) is 0 Å². The Labute approximate surface area is 164 Å². The van der Waals surface area contributed by atoms with E-state index in [1.807, 2.05) is 70.2 Å². The smallest absolute Gasteiger partial charge is 0.328 e. The monoisotopic (exact) mass is 379 g/mol. The van der Waals surface area contributed by atoms with Gasteiger partial charge in [0, 0.05) is 17.0 Å². The van der Waals surface area contributed by atoms with Gasteiger partial charge in [-0.2, -0.15) is 0 Å². The number of carbonyl (C=O) groups is 1. The van der Waals surface area contributed by atoms with Crippen molar-refractivity contribution in [2.24, 2.45) is 10.9 Å². The summed E-state index contributed by atoms with van der Waals surface area (Å²) in [4.78, 5) is 16.3. The summed E-state index contributed by atoms with van der Waals surface area (Å²) in [5.74, 6) is 0.333. The average molecular weight is 379 g/mol. The van der Waals surface area contributed by atoms with Gasteiger partial charge in [-0.3, -0.25) is 4.99 Å². The third-order valence-electron chi connectivity index (χ3n) is 4.71. The molecule has 0 aliphatic carbocycles.